The Bertz CT molecular complexity index is 1140. The highest BCUT2D eigenvalue weighted by molar-refractivity contribution is 5.98. The van der Waals surface area contributed by atoms with Crippen LogP contribution in [0.5, 0.6) is 5.75 Å². The number of rotatable bonds is 8. The summed E-state index contributed by atoms with van der Waals surface area (Å²) in [6.45, 7) is 5.05. The molecule has 0 saturated heterocycles. The Labute approximate surface area is 193 Å². The highest BCUT2D eigenvalue weighted by Crippen LogP contribution is 2.26. The van der Waals surface area contributed by atoms with Crippen LogP contribution in [0.25, 0.3) is 0 Å². The summed E-state index contributed by atoms with van der Waals surface area (Å²) < 4.78 is 13.0. The molecule has 1 N–H and O–H groups in total. The lowest BCUT2D eigenvalue weighted by Gasteiger charge is -2.18. The van der Waals surface area contributed by atoms with Crippen LogP contribution in [0.4, 0.5) is 0 Å². The molecule has 0 saturated carbocycles. The fraction of sp³-hybridized carbons (Fsp3) is 0.423. The molecule has 1 aliphatic rings. The molecule has 1 aliphatic heterocycles. The van der Waals surface area contributed by atoms with Crippen molar-refractivity contribution in [3.05, 3.63) is 80.6 Å². The van der Waals surface area contributed by atoms with Crippen LogP contribution in [0.2, 0.25) is 0 Å². The average Bonchev–Trinajstić information content (AvgIpc) is 2.99. The number of hydrogen-bond acceptors (Lipinski definition) is 5. The van der Waals surface area contributed by atoms with Gasteiger partial charge in [0.25, 0.3) is 11.5 Å². The molecule has 0 bridgehead atoms. The van der Waals surface area contributed by atoms with Gasteiger partial charge in [-0.25, -0.2) is 0 Å². The summed E-state index contributed by atoms with van der Waals surface area (Å²) in [5.41, 5.74) is 3.94. The number of amides is 1. The van der Waals surface area contributed by atoms with Crippen LogP contribution in [0, 0.1) is 13.8 Å². The lowest BCUT2D eigenvalue weighted by Crippen LogP contribution is -2.31. The lowest BCUT2D eigenvalue weighted by atomic mass is 10.1. The third-order valence-electron chi connectivity index (χ3n) is 6.23. The zero-order chi connectivity index (χ0) is 23.2. The van der Waals surface area contributed by atoms with E-state index in [0.717, 1.165) is 49.1 Å². The standard InChI is InChI=1S/C26H31N3O4/c1-18-21(19(2)33-28-18)17-32-23-16-24(30)29-15-8-4-7-13-22(29)25(23)26(31)27-14-9-12-20-10-5-3-6-11-20/h3,5-6,10-11,16H,4,7-9,12-15,17H2,1-2H3,(H,27,31). The summed E-state index contributed by atoms with van der Waals surface area (Å²) >= 11 is 0. The first-order valence-corrected chi connectivity index (χ1v) is 11.7. The van der Waals surface area contributed by atoms with Gasteiger partial charge >= 0.3 is 0 Å². The Hall–Kier alpha value is -3.35. The molecule has 0 fully saturated rings. The van der Waals surface area contributed by atoms with Crippen molar-refractivity contribution in [1.82, 2.24) is 15.0 Å². The molecule has 0 aliphatic carbocycles. The number of nitrogens with one attached hydrogen (secondary N) is 1. The number of hydrogen-bond donors (Lipinski definition) is 1. The van der Waals surface area contributed by atoms with E-state index >= 15 is 0 Å². The third kappa shape index (κ3) is 5.35. The molecule has 0 spiro atoms. The number of nitrogens with zero attached hydrogens (tertiary/aromatic N) is 2. The number of fused-ring (bicyclic) bond motifs is 1. The van der Waals surface area contributed by atoms with Crippen molar-refractivity contribution in [3.8, 4) is 5.75 Å². The minimum absolute atomic E-state index is 0.124. The molecule has 3 aromatic rings. The van der Waals surface area contributed by atoms with E-state index in [9.17, 15) is 9.59 Å². The molecule has 1 aromatic carbocycles. The number of aryl methyl sites for hydroxylation is 3. The molecule has 0 unspecified atom stereocenters. The highest BCUT2D eigenvalue weighted by Gasteiger charge is 2.24. The molecule has 33 heavy (non-hydrogen) atoms. The van der Waals surface area contributed by atoms with Crippen molar-refractivity contribution in [3.63, 3.8) is 0 Å². The zero-order valence-electron chi connectivity index (χ0n) is 19.4. The second kappa shape index (κ2) is 10.5. The van der Waals surface area contributed by atoms with Gasteiger partial charge in [0.2, 0.25) is 0 Å². The van der Waals surface area contributed by atoms with E-state index in [1.54, 1.807) is 4.57 Å². The Morgan fingerprint density at radius 3 is 2.76 bits per heavy atom. The zero-order valence-corrected chi connectivity index (χ0v) is 19.4. The normalized spacial score (nSPS) is 13.3. The maximum Gasteiger partial charge on any atom is 0.256 e. The van der Waals surface area contributed by atoms with Crippen molar-refractivity contribution < 1.29 is 14.1 Å². The first-order chi connectivity index (χ1) is 16.0. The van der Waals surface area contributed by atoms with E-state index in [4.69, 9.17) is 9.26 Å². The van der Waals surface area contributed by atoms with Gasteiger partial charge in [-0.05, 0) is 51.5 Å². The predicted molar refractivity (Wildman–Crippen MR) is 126 cm³/mol. The molecule has 2 aromatic heterocycles. The van der Waals surface area contributed by atoms with Crippen LogP contribution in [-0.4, -0.2) is 22.2 Å². The van der Waals surface area contributed by atoms with Gasteiger partial charge in [-0.1, -0.05) is 41.9 Å². The van der Waals surface area contributed by atoms with Gasteiger partial charge in [-0.15, -0.1) is 0 Å². The van der Waals surface area contributed by atoms with Crippen molar-refractivity contribution in [2.75, 3.05) is 6.54 Å². The quantitative estimate of drug-likeness (QED) is 0.523. The topological polar surface area (TPSA) is 86.4 Å². The first kappa shape index (κ1) is 22.8. The summed E-state index contributed by atoms with van der Waals surface area (Å²) in [5, 5.41) is 7.01. The number of carbonyl (C=O) groups is 1. The summed E-state index contributed by atoms with van der Waals surface area (Å²) in [7, 11) is 0. The van der Waals surface area contributed by atoms with Gasteiger partial charge in [0, 0.05) is 24.8 Å². The highest BCUT2D eigenvalue weighted by atomic mass is 16.5. The van der Waals surface area contributed by atoms with Crippen molar-refractivity contribution in [1.29, 1.82) is 0 Å². The van der Waals surface area contributed by atoms with E-state index in [2.05, 4.69) is 22.6 Å². The van der Waals surface area contributed by atoms with Gasteiger partial charge in [0.05, 0.1) is 11.3 Å². The van der Waals surface area contributed by atoms with Crippen LogP contribution in [0.3, 0.4) is 0 Å². The van der Waals surface area contributed by atoms with Gasteiger partial charge in [0.15, 0.2) is 0 Å². The summed E-state index contributed by atoms with van der Waals surface area (Å²) in [6, 6.07) is 11.7. The Kier molecular flexibility index (Phi) is 7.27. The lowest BCUT2D eigenvalue weighted by molar-refractivity contribution is 0.0946. The molecule has 7 heteroatoms. The maximum atomic E-state index is 13.3. The average molecular weight is 450 g/mol. The second-order valence-electron chi connectivity index (χ2n) is 8.57. The number of benzene rings is 1. The number of aromatic nitrogens is 2. The SMILES string of the molecule is Cc1noc(C)c1COc1cc(=O)n2c(c1C(=O)NCCCc1ccccc1)CCCCC2. The molecule has 4 rings (SSSR count). The molecule has 0 radical (unpaired) electrons. The van der Waals surface area contributed by atoms with E-state index in [1.165, 1.54) is 11.6 Å². The fourth-order valence-electron chi connectivity index (χ4n) is 4.36. The summed E-state index contributed by atoms with van der Waals surface area (Å²) in [6.07, 6.45) is 5.33. The minimum atomic E-state index is -0.192. The molecule has 0 atom stereocenters. The minimum Gasteiger partial charge on any atom is -0.488 e. The first-order valence-electron chi connectivity index (χ1n) is 11.7. The molecule has 7 nitrogen and oxygen atoms in total. The van der Waals surface area contributed by atoms with E-state index in [0.29, 0.717) is 36.6 Å². The molecule has 1 amide bonds. The number of pyridine rings is 1. The molecular formula is C26H31N3O4. The van der Waals surface area contributed by atoms with Crippen LogP contribution >= 0.6 is 0 Å². The Morgan fingerprint density at radius 1 is 1.18 bits per heavy atom. The van der Waals surface area contributed by atoms with Gasteiger partial charge in [-0.2, -0.15) is 0 Å². The number of carbonyl (C=O) groups excluding carboxylic acids is 1. The van der Waals surface area contributed by atoms with E-state index in [1.807, 2.05) is 32.0 Å². The molecule has 3 heterocycles. The van der Waals surface area contributed by atoms with Crippen molar-refractivity contribution in [2.45, 2.75) is 65.5 Å². The maximum absolute atomic E-state index is 13.3. The molecular weight excluding hydrogens is 418 g/mol. The van der Waals surface area contributed by atoms with Crippen LogP contribution in [0.15, 0.2) is 45.7 Å². The van der Waals surface area contributed by atoms with Crippen LogP contribution < -0.4 is 15.6 Å². The van der Waals surface area contributed by atoms with Crippen LogP contribution in [0.1, 0.15) is 64.3 Å². The summed E-state index contributed by atoms with van der Waals surface area (Å²) in [4.78, 5) is 26.2. The van der Waals surface area contributed by atoms with Crippen molar-refractivity contribution in [2.24, 2.45) is 0 Å². The summed E-state index contributed by atoms with van der Waals surface area (Å²) in [5.74, 6) is 0.807. The second-order valence-corrected chi connectivity index (χ2v) is 8.57. The smallest absolute Gasteiger partial charge is 0.256 e. The predicted octanol–water partition coefficient (Wildman–Crippen LogP) is 4.12. The Balaban J connectivity index is 1.55. The van der Waals surface area contributed by atoms with E-state index < -0.39 is 0 Å². The Morgan fingerprint density at radius 2 is 2.00 bits per heavy atom. The largest absolute Gasteiger partial charge is 0.488 e. The number of ether oxygens (including phenoxy) is 1. The van der Waals surface area contributed by atoms with Crippen molar-refractivity contribution >= 4 is 5.91 Å². The fourth-order valence-corrected chi connectivity index (χ4v) is 4.36. The van der Waals surface area contributed by atoms with Crippen LogP contribution in [-0.2, 0) is 26.0 Å². The van der Waals surface area contributed by atoms with Gasteiger partial charge in [-0.3, -0.25) is 9.59 Å². The monoisotopic (exact) mass is 449 g/mol. The van der Waals surface area contributed by atoms with E-state index in [-0.39, 0.29) is 18.1 Å². The third-order valence-corrected chi connectivity index (χ3v) is 6.23. The molecule has 174 valence electrons. The van der Waals surface area contributed by atoms with Gasteiger partial charge in [0.1, 0.15) is 23.7 Å². The van der Waals surface area contributed by atoms with Gasteiger partial charge < -0.3 is 19.1 Å².